The van der Waals surface area contributed by atoms with E-state index in [1.165, 1.54) is 19.3 Å². The van der Waals surface area contributed by atoms with Crippen molar-refractivity contribution in [2.45, 2.75) is 38.1 Å². The fourth-order valence-electron chi connectivity index (χ4n) is 4.43. The number of rotatable bonds is 8. The Labute approximate surface area is 199 Å². The van der Waals surface area contributed by atoms with E-state index in [1.807, 2.05) is 36.0 Å². The van der Waals surface area contributed by atoms with E-state index in [0.29, 0.717) is 17.5 Å². The Morgan fingerprint density at radius 1 is 0.818 bits per heavy atom. The van der Waals surface area contributed by atoms with Crippen LogP contribution in [0, 0.1) is 0 Å². The van der Waals surface area contributed by atoms with Gasteiger partial charge in [-0.15, -0.1) is 4.68 Å². The molecular weight excluding hydrogens is 438 g/mol. The molecule has 0 spiro atoms. The monoisotopic (exact) mass is 470 g/mol. The molecule has 1 aliphatic carbocycles. The number of hydrogen-bond donors (Lipinski definition) is 0. The molecular formula is C25H32N3O4S+. The van der Waals surface area contributed by atoms with Crippen molar-refractivity contribution in [1.82, 2.24) is 5.10 Å². The number of methoxy groups -OCH3 is 4. The first-order valence-electron chi connectivity index (χ1n) is 11.2. The first-order valence-corrected chi connectivity index (χ1v) is 12.0. The topological polar surface area (TPSA) is 56.9 Å². The third-order valence-corrected chi connectivity index (χ3v) is 7.28. The highest BCUT2D eigenvalue weighted by molar-refractivity contribution is 7.18. The lowest BCUT2D eigenvalue weighted by molar-refractivity contribution is -0.713. The summed E-state index contributed by atoms with van der Waals surface area (Å²) in [6, 6.07) is 12.5. The maximum Gasteiger partial charge on any atom is 0.363 e. The van der Waals surface area contributed by atoms with Crippen LogP contribution >= 0.6 is 11.3 Å². The fraction of sp³-hybridized carbons (Fsp3) is 0.440. The van der Waals surface area contributed by atoms with Crippen LogP contribution in [0.2, 0.25) is 0 Å². The number of benzene rings is 2. The van der Waals surface area contributed by atoms with Gasteiger partial charge in [-0.3, -0.25) is 0 Å². The molecule has 1 aliphatic rings. The van der Waals surface area contributed by atoms with Crippen LogP contribution in [0.1, 0.15) is 32.1 Å². The zero-order valence-corrected chi connectivity index (χ0v) is 20.8. The van der Waals surface area contributed by atoms with Gasteiger partial charge in [0.2, 0.25) is 0 Å². The van der Waals surface area contributed by atoms with Gasteiger partial charge in [0.15, 0.2) is 28.0 Å². The van der Waals surface area contributed by atoms with Crippen LogP contribution in [0.25, 0.3) is 10.6 Å². The van der Waals surface area contributed by atoms with Gasteiger partial charge in [0.25, 0.3) is 0 Å². The van der Waals surface area contributed by atoms with Gasteiger partial charge in [0, 0.05) is 11.6 Å². The van der Waals surface area contributed by atoms with E-state index in [-0.39, 0.29) is 0 Å². The Kier molecular flexibility index (Phi) is 7.23. The smallest absolute Gasteiger partial charge is 0.363 e. The van der Waals surface area contributed by atoms with E-state index in [2.05, 4.69) is 17.0 Å². The van der Waals surface area contributed by atoms with Crippen molar-refractivity contribution < 1.29 is 23.6 Å². The van der Waals surface area contributed by atoms with Crippen molar-refractivity contribution >= 4 is 22.2 Å². The fourth-order valence-corrected chi connectivity index (χ4v) is 5.54. The second-order valence-corrected chi connectivity index (χ2v) is 9.04. The summed E-state index contributed by atoms with van der Waals surface area (Å²) in [5, 5.41) is 6.88. The Morgan fingerprint density at radius 3 is 2.06 bits per heavy atom. The van der Waals surface area contributed by atoms with Gasteiger partial charge in [0.05, 0.1) is 28.4 Å². The van der Waals surface area contributed by atoms with E-state index in [0.717, 1.165) is 45.7 Å². The number of hydrogen-bond acceptors (Lipinski definition) is 7. The van der Waals surface area contributed by atoms with Gasteiger partial charge in [-0.2, -0.15) is 0 Å². The number of aromatic nitrogens is 2. The minimum Gasteiger partial charge on any atom is -0.493 e. The van der Waals surface area contributed by atoms with Crippen molar-refractivity contribution in [2.75, 3.05) is 33.3 Å². The summed E-state index contributed by atoms with van der Waals surface area (Å²) >= 11 is 1.67. The van der Waals surface area contributed by atoms with Crippen LogP contribution in [-0.2, 0) is 7.05 Å². The summed E-state index contributed by atoms with van der Waals surface area (Å²) in [4.78, 5) is 2.42. The van der Waals surface area contributed by atoms with E-state index >= 15 is 0 Å². The van der Waals surface area contributed by atoms with Crippen molar-refractivity contribution in [3.63, 3.8) is 0 Å². The Bertz CT molecular complexity index is 1100. The van der Waals surface area contributed by atoms with Crippen molar-refractivity contribution in [3.8, 4) is 33.6 Å². The second kappa shape index (κ2) is 10.3. The minimum absolute atomic E-state index is 0.404. The van der Waals surface area contributed by atoms with Crippen LogP contribution in [0.15, 0.2) is 36.4 Å². The van der Waals surface area contributed by atoms with Gasteiger partial charge in [-0.1, -0.05) is 11.5 Å². The summed E-state index contributed by atoms with van der Waals surface area (Å²) in [6.07, 6.45) is 6.07. The molecule has 0 bridgehead atoms. The van der Waals surface area contributed by atoms with E-state index < -0.39 is 0 Å². The molecule has 1 saturated carbocycles. The summed E-state index contributed by atoms with van der Waals surface area (Å²) in [5.41, 5.74) is 2.08. The predicted octanol–water partition coefficient (Wildman–Crippen LogP) is 5.14. The van der Waals surface area contributed by atoms with Crippen molar-refractivity contribution in [3.05, 3.63) is 36.4 Å². The zero-order chi connectivity index (χ0) is 23.4. The van der Waals surface area contributed by atoms with E-state index in [1.54, 1.807) is 39.8 Å². The molecule has 1 fully saturated rings. The Hall–Kier alpha value is -3.00. The number of nitrogens with zero attached hydrogens (tertiary/aromatic N) is 3. The molecule has 4 rings (SSSR count). The third-order valence-electron chi connectivity index (χ3n) is 6.13. The number of aryl methyl sites for hydroxylation is 1. The zero-order valence-electron chi connectivity index (χ0n) is 20.0. The molecule has 0 radical (unpaired) electrons. The molecule has 7 nitrogen and oxygen atoms in total. The van der Waals surface area contributed by atoms with Gasteiger partial charge >= 0.3 is 5.13 Å². The molecule has 0 unspecified atom stereocenters. The van der Waals surface area contributed by atoms with Gasteiger partial charge in [0.1, 0.15) is 18.8 Å². The standard InChI is InChI=1S/C25H32N3O4S/c1-27-25(33-24(26-27)17-11-13-20(29-2)22(15-17)31-4)28(18-9-7-6-8-10-18)19-12-14-21(30-3)23(16-19)32-5/h11-16,18H,6-10H2,1-5H3/q+1. The summed E-state index contributed by atoms with van der Waals surface area (Å²) in [7, 11) is 8.64. The van der Waals surface area contributed by atoms with Crippen LogP contribution in [0.4, 0.5) is 10.8 Å². The second-order valence-electron chi connectivity index (χ2n) is 8.08. The lowest BCUT2D eigenvalue weighted by Crippen LogP contribution is -2.42. The molecule has 176 valence electrons. The molecule has 2 aromatic carbocycles. The summed E-state index contributed by atoms with van der Waals surface area (Å²) < 4.78 is 23.9. The lowest BCUT2D eigenvalue weighted by Gasteiger charge is -2.28. The molecule has 0 saturated heterocycles. The van der Waals surface area contributed by atoms with E-state index in [4.69, 9.17) is 24.0 Å². The Morgan fingerprint density at radius 2 is 1.42 bits per heavy atom. The molecule has 1 heterocycles. The molecule has 0 atom stereocenters. The molecule has 0 aliphatic heterocycles. The van der Waals surface area contributed by atoms with E-state index in [9.17, 15) is 0 Å². The normalized spacial score (nSPS) is 14.1. The summed E-state index contributed by atoms with van der Waals surface area (Å²) in [6.45, 7) is 0. The van der Waals surface area contributed by atoms with Crippen LogP contribution in [-0.4, -0.2) is 39.6 Å². The SMILES string of the molecule is COc1ccc(-c2n[n+](C)c(N(c3ccc(OC)c(OC)c3)C3CCCCC3)s2)cc1OC. The van der Waals surface area contributed by atoms with Gasteiger partial charge < -0.3 is 18.9 Å². The summed E-state index contributed by atoms with van der Waals surface area (Å²) in [5.74, 6) is 2.85. The maximum absolute atomic E-state index is 5.61. The lowest BCUT2D eigenvalue weighted by atomic mass is 9.94. The highest BCUT2D eigenvalue weighted by atomic mass is 32.1. The quantitative estimate of drug-likeness (QED) is 0.425. The highest BCUT2D eigenvalue weighted by Crippen LogP contribution is 2.41. The largest absolute Gasteiger partial charge is 0.493 e. The predicted molar refractivity (Wildman–Crippen MR) is 130 cm³/mol. The molecule has 8 heteroatoms. The van der Waals surface area contributed by atoms with Crippen LogP contribution in [0.3, 0.4) is 0 Å². The number of ether oxygens (including phenoxy) is 4. The first-order chi connectivity index (χ1) is 16.1. The maximum atomic E-state index is 5.61. The van der Waals surface area contributed by atoms with Crippen LogP contribution in [0.5, 0.6) is 23.0 Å². The van der Waals surface area contributed by atoms with Crippen LogP contribution < -0.4 is 28.5 Å². The first kappa shape index (κ1) is 23.2. The van der Waals surface area contributed by atoms with Gasteiger partial charge in [-0.25, -0.2) is 4.90 Å². The Balaban J connectivity index is 1.78. The average molecular weight is 471 g/mol. The molecule has 1 aromatic heterocycles. The molecule has 33 heavy (non-hydrogen) atoms. The molecule has 0 amide bonds. The molecule has 0 N–H and O–H groups in total. The third kappa shape index (κ3) is 4.71. The van der Waals surface area contributed by atoms with Crippen molar-refractivity contribution in [2.24, 2.45) is 7.05 Å². The number of anilines is 2. The molecule has 3 aromatic rings. The average Bonchev–Trinajstić information content (AvgIpc) is 3.25. The van der Waals surface area contributed by atoms with Crippen molar-refractivity contribution in [1.29, 1.82) is 0 Å². The van der Waals surface area contributed by atoms with Gasteiger partial charge in [-0.05, 0) is 67.4 Å². The minimum atomic E-state index is 0.404. The highest BCUT2D eigenvalue weighted by Gasteiger charge is 2.35.